The number of benzene rings is 2. The van der Waals surface area contributed by atoms with Crippen molar-refractivity contribution in [2.45, 2.75) is 12.5 Å². The lowest BCUT2D eigenvalue weighted by Crippen LogP contribution is -2.20. The SMILES string of the molecule is CNC(=O)CC(O)c1ccc2nc(NC(=O)Nc3ccc(F)cc3)sc2c1. The second-order valence-electron chi connectivity index (χ2n) is 5.73. The van der Waals surface area contributed by atoms with Gasteiger partial charge < -0.3 is 15.7 Å². The first-order valence-corrected chi connectivity index (χ1v) is 8.89. The van der Waals surface area contributed by atoms with E-state index in [4.69, 9.17) is 0 Å². The molecule has 2 aromatic carbocycles. The zero-order chi connectivity index (χ0) is 19.4. The third-order valence-electron chi connectivity index (χ3n) is 3.78. The minimum atomic E-state index is -0.922. The molecule has 1 atom stereocenters. The summed E-state index contributed by atoms with van der Waals surface area (Å²) in [7, 11) is 1.51. The molecule has 4 N–H and O–H groups in total. The molecular formula is C18H17FN4O3S. The van der Waals surface area contributed by atoms with Crippen molar-refractivity contribution in [3.05, 3.63) is 53.8 Å². The highest BCUT2D eigenvalue weighted by molar-refractivity contribution is 7.22. The van der Waals surface area contributed by atoms with E-state index in [1.165, 1.54) is 42.6 Å². The summed E-state index contributed by atoms with van der Waals surface area (Å²) in [6.07, 6.45) is -0.957. The predicted molar refractivity (Wildman–Crippen MR) is 102 cm³/mol. The number of thiazole rings is 1. The highest BCUT2D eigenvalue weighted by Crippen LogP contribution is 2.29. The number of hydrogen-bond donors (Lipinski definition) is 4. The first-order chi connectivity index (χ1) is 12.9. The van der Waals surface area contributed by atoms with Crippen molar-refractivity contribution in [3.63, 3.8) is 0 Å². The average Bonchev–Trinajstić information content (AvgIpc) is 3.04. The molecule has 7 nitrogen and oxygen atoms in total. The molecule has 1 unspecified atom stereocenters. The van der Waals surface area contributed by atoms with Gasteiger partial charge in [0.1, 0.15) is 5.82 Å². The number of carbonyl (C=O) groups excluding carboxylic acids is 2. The quantitative estimate of drug-likeness (QED) is 0.539. The maximum absolute atomic E-state index is 12.9. The molecule has 0 saturated carbocycles. The third kappa shape index (κ3) is 4.78. The Morgan fingerprint density at radius 2 is 1.93 bits per heavy atom. The highest BCUT2D eigenvalue weighted by atomic mass is 32.1. The highest BCUT2D eigenvalue weighted by Gasteiger charge is 2.14. The number of halogens is 1. The standard InChI is InChI=1S/C18H17FN4O3S/c1-20-16(25)9-14(24)10-2-7-13-15(8-10)27-18(22-13)23-17(26)21-12-5-3-11(19)4-6-12/h2-8,14,24H,9H2,1H3,(H,20,25)(H2,21,22,23,26). The van der Waals surface area contributed by atoms with Gasteiger partial charge in [-0.3, -0.25) is 10.1 Å². The second kappa shape index (κ2) is 8.11. The molecule has 0 aliphatic heterocycles. The van der Waals surface area contributed by atoms with E-state index in [1.807, 2.05) is 0 Å². The summed E-state index contributed by atoms with van der Waals surface area (Å²) in [5, 5.41) is 18.2. The molecule has 140 valence electrons. The topological polar surface area (TPSA) is 103 Å². The van der Waals surface area contributed by atoms with Crippen molar-refractivity contribution in [2.24, 2.45) is 0 Å². The van der Waals surface area contributed by atoms with Gasteiger partial charge in [0, 0.05) is 12.7 Å². The summed E-state index contributed by atoms with van der Waals surface area (Å²) in [4.78, 5) is 27.7. The van der Waals surface area contributed by atoms with Crippen molar-refractivity contribution in [2.75, 3.05) is 17.7 Å². The number of nitrogens with zero attached hydrogens (tertiary/aromatic N) is 1. The van der Waals surface area contributed by atoms with Gasteiger partial charge >= 0.3 is 6.03 Å². The lowest BCUT2D eigenvalue weighted by Gasteiger charge is -2.09. The molecule has 1 aromatic heterocycles. The molecule has 3 rings (SSSR count). The molecule has 1 heterocycles. The van der Waals surface area contributed by atoms with Crippen LogP contribution in [-0.2, 0) is 4.79 Å². The van der Waals surface area contributed by atoms with Crippen LogP contribution in [0.1, 0.15) is 18.1 Å². The van der Waals surface area contributed by atoms with Gasteiger partial charge in [0.15, 0.2) is 5.13 Å². The van der Waals surface area contributed by atoms with E-state index in [0.717, 1.165) is 4.70 Å². The Bertz CT molecular complexity index is 974. The average molecular weight is 388 g/mol. The molecule has 0 aliphatic carbocycles. The van der Waals surface area contributed by atoms with Crippen LogP contribution in [0.4, 0.5) is 20.0 Å². The first kappa shape index (κ1) is 18.7. The van der Waals surface area contributed by atoms with Gasteiger partial charge in [-0.2, -0.15) is 0 Å². The zero-order valence-electron chi connectivity index (χ0n) is 14.3. The van der Waals surface area contributed by atoms with Crippen molar-refractivity contribution >= 4 is 44.3 Å². The zero-order valence-corrected chi connectivity index (χ0v) is 15.1. The number of carbonyl (C=O) groups is 2. The molecule has 27 heavy (non-hydrogen) atoms. The number of amides is 3. The van der Waals surface area contributed by atoms with Gasteiger partial charge in [-0.25, -0.2) is 14.2 Å². The van der Waals surface area contributed by atoms with Crippen LogP contribution in [0.15, 0.2) is 42.5 Å². The Hall–Kier alpha value is -3.04. The van der Waals surface area contributed by atoms with Gasteiger partial charge in [-0.15, -0.1) is 0 Å². The number of aliphatic hydroxyl groups excluding tert-OH is 1. The fourth-order valence-corrected chi connectivity index (χ4v) is 3.30. The number of aliphatic hydroxyl groups is 1. The molecule has 0 bridgehead atoms. The van der Waals surface area contributed by atoms with E-state index in [1.54, 1.807) is 18.2 Å². The van der Waals surface area contributed by atoms with Crippen LogP contribution in [0.2, 0.25) is 0 Å². The molecule has 0 spiro atoms. The molecular weight excluding hydrogens is 371 g/mol. The van der Waals surface area contributed by atoms with Crippen LogP contribution < -0.4 is 16.0 Å². The molecule has 3 aromatic rings. The Morgan fingerprint density at radius 3 is 2.63 bits per heavy atom. The van der Waals surface area contributed by atoms with Crippen LogP contribution in [0.3, 0.4) is 0 Å². The maximum atomic E-state index is 12.9. The summed E-state index contributed by atoms with van der Waals surface area (Å²) in [6, 6.07) is 10.1. The van der Waals surface area contributed by atoms with Crippen molar-refractivity contribution in [1.82, 2.24) is 10.3 Å². The summed E-state index contributed by atoms with van der Waals surface area (Å²) in [5.74, 6) is -0.645. The smallest absolute Gasteiger partial charge is 0.325 e. The number of rotatable bonds is 5. The molecule has 0 saturated heterocycles. The van der Waals surface area contributed by atoms with E-state index < -0.39 is 12.1 Å². The molecule has 9 heteroatoms. The van der Waals surface area contributed by atoms with Crippen molar-refractivity contribution in [1.29, 1.82) is 0 Å². The van der Waals surface area contributed by atoms with Crippen molar-refractivity contribution in [3.8, 4) is 0 Å². The monoisotopic (exact) mass is 388 g/mol. The van der Waals surface area contributed by atoms with Crippen LogP contribution in [-0.4, -0.2) is 29.1 Å². The van der Waals surface area contributed by atoms with Gasteiger partial charge in [0.25, 0.3) is 0 Å². The number of urea groups is 1. The van der Waals surface area contributed by atoms with Crippen LogP contribution in [0.5, 0.6) is 0 Å². The Balaban J connectivity index is 1.69. The summed E-state index contributed by atoms with van der Waals surface area (Å²) in [5.41, 5.74) is 1.71. The maximum Gasteiger partial charge on any atom is 0.325 e. The number of nitrogens with one attached hydrogen (secondary N) is 3. The fraction of sp³-hybridized carbons (Fsp3) is 0.167. The van der Waals surface area contributed by atoms with Gasteiger partial charge in [-0.1, -0.05) is 17.4 Å². The van der Waals surface area contributed by atoms with E-state index in [9.17, 15) is 19.1 Å². The van der Waals surface area contributed by atoms with E-state index in [-0.39, 0.29) is 18.1 Å². The Morgan fingerprint density at radius 1 is 1.19 bits per heavy atom. The van der Waals surface area contributed by atoms with Crippen LogP contribution in [0, 0.1) is 5.82 Å². The lowest BCUT2D eigenvalue weighted by atomic mass is 10.1. The minimum Gasteiger partial charge on any atom is -0.388 e. The van der Waals surface area contributed by atoms with Crippen LogP contribution in [0.25, 0.3) is 10.2 Å². The van der Waals surface area contributed by atoms with Crippen LogP contribution >= 0.6 is 11.3 Å². The van der Waals surface area contributed by atoms with Gasteiger partial charge in [0.05, 0.1) is 22.7 Å². The summed E-state index contributed by atoms with van der Waals surface area (Å²) < 4.78 is 13.7. The third-order valence-corrected chi connectivity index (χ3v) is 4.71. The van der Waals surface area contributed by atoms with E-state index in [0.29, 0.717) is 21.9 Å². The molecule has 3 amide bonds. The number of fused-ring (bicyclic) bond motifs is 1. The number of aromatic nitrogens is 1. The van der Waals surface area contributed by atoms with Gasteiger partial charge in [-0.05, 0) is 42.0 Å². The van der Waals surface area contributed by atoms with E-state index >= 15 is 0 Å². The largest absolute Gasteiger partial charge is 0.388 e. The van der Waals surface area contributed by atoms with E-state index in [2.05, 4.69) is 20.9 Å². The fourth-order valence-electron chi connectivity index (χ4n) is 2.39. The number of anilines is 2. The minimum absolute atomic E-state index is 0.0357. The first-order valence-electron chi connectivity index (χ1n) is 8.07. The molecule has 0 radical (unpaired) electrons. The Kier molecular flexibility index (Phi) is 5.63. The molecule has 0 aliphatic rings. The van der Waals surface area contributed by atoms with Gasteiger partial charge in [0.2, 0.25) is 5.91 Å². The summed E-state index contributed by atoms with van der Waals surface area (Å²) in [6.45, 7) is 0. The summed E-state index contributed by atoms with van der Waals surface area (Å²) >= 11 is 1.24. The predicted octanol–water partition coefficient (Wildman–Crippen LogP) is 3.25. The lowest BCUT2D eigenvalue weighted by molar-refractivity contribution is -0.122. The second-order valence-corrected chi connectivity index (χ2v) is 6.76. The molecule has 0 fully saturated rings. The Labute approximate surface area is 158 Å². The number of hydrogen-bond acceptors (Lipinski definition) is 5. The normalized spacial score (nSPS) is 11.8. The van der Waals surface area contributed by atoms with Crippen molar-refractivity contribution < 1.29 is 19.1 Å².